The van der Waals surface area contributed by atoms with Crippen molar-refractivity contribution in [3.8, 4) is 0 Å². The van der Waals surface area contributed by atoms with Crippen LogP contribution in [-0.4, -0.2) is 43.1 Å². The van der Waals surface area contributed by atoms with Gasteiger partial charge >= 0.3 is 0 Å². The summed E-state index contributed by atoms with van der Waals surface area (Å²) < 4.78 is 4.87. The second-order valence-corrected chi connectivity index (χ2v) is 5.13. The summed E-state index contributed by atoms with van der Waals surface area (Å²) in [7, 11) is 1.57. The van der Waals surface area contributed by atoms with Gasteiger partial charge in [-0.3, -0.25) is 14.6 Å². The Morgan fingerprint density at radius 2 is 2.10 bits per heavy atom. The van der Waals surface area contributed by atoms with Crippen molar-refractivity contribution < 1.29 is 14.3 Å². The number of amides is 2. The van der Waals surface area contributed by atoms with E-state index >= 15 is 0 Å². The number of hydrogen-bond donors (Lipinski definition) is 2. The Kier molecular flexibility index (Phi) is 5.68. The number of rotatable bonds is 6. The summed E-state index contributed by atoms with van der Waals surface area (Å²) in [6.07, 6.45) is 5.86. The van der Waals surface area contributed by atoms with E-state index in [-0.39, 0.29) is 23.6 Å². The van der Waals surface area contributed by atoms with Crippen LogP contribution in [-0.2, 0) is 4.74 Å². The molecule has 1 saturated carbocycles. The molecule has 1 fully saturated rings. The summed E-state index contributed by atoms with van der Waals surface area (Å²) in [5, 5.41) is 5.68. The second kappa shape index (κ2) is 7.73. The number of nitrogens with zero attached hydrogens (tertiary/aromatic N) is 1. The zero-order chi connectivity index (χ0) is 15.1. The lowest BCUT2D eigenvalue weighted by Crippen LogP contribution is -2.33. The van der Waals surface area contributed by atoms with Crippen LogP contribution < -0.4 is 10.6 Å². The van der Waals surface area contributed by atoms with Gasteiger partial charge in [-0.25, -0.2) is 0 Å². The van der Waals surface area contributed by atoms with Crippen LogP contribution in [0.25, 0.3) is 0 Å². The third kappa shape index (κ3) is 4.53. The van der Waals surface area contributed by atoms with Crippen molar-refractivity contribution in [2.45, 2.75) is 31.7 Å². The molecular formula is C15H21N3O3. The number of carbonyl (C=O) groups excluding carboxylic acids is 2. The molecule has 0 saturated heterocycles. The summed E-state index contributed by atoms with van der Waals surface area (Å²) in [5.74, 6) is -0.446. The SMILES string of the molecule is COCCNC(=O)c1cc(C(=O)NC2CCCC2)ccn1. The molecule has 2 rings (SSSR count). The van der Waals surface area contributed by atoms with Crippen molar-refractivity contribution in [2.75, 3.05) is 20.3 Å². The number of methoxy groups -OCH3 is 1. The van der Waals surface area contributed by atoms with Crippen molar-refractivity contribution in [1.29, 1.82) is 0 Å². The van der Waals surface area contributed by atoms with Crippen LogP contribution >= 0.6 is 0 Å². The lowest BCUT2D eigenvalue weighted by molar-refractivity contribution is 0.0932. The minimum absolute atomic E-state index is 0.143. The van der Waals surface area contributed by atoms with E-state index in [9.17, 15) is 9.59 Å². The molecule has 1 aromatic heterocycles. The molecule has 6 heteroatoms. The van der Waals surface area contributed by atoms with Gasteiger partial charge in [-0.15, -0.1) is 0 Å². The van der Waals surface area contributed by atoms with E-state index in [4.69, 9.17) is 4.74 Å². The van der Waals surface area contributed by atoms with Gasteiger partial charge in [0.25, 0.3) is 11.8 Å². The minimum Gasteiger partial charge on any atom is -0.383 e. The molecule has 0 bridgehead atoms. The number of nitrogens with one attached hydrogen (secondary N) is 2. The first-order valence-electron chi connectivity index (χ1n) is 7.25. The van der Waals surface area contributed by atoms with Crippen LogP contribution in [0.15, 0.2) is 18.3 Å². The molecular weight excluding hydrogens is 270 g/mol. The molecule has 0 aromatic carbocycles. The number of pyridine rings is 1. The van der Waals surface area contributed by atoms with Crippen LogP contribution in [0.5, 0.6) is 0 Å². The lowest BCUT2D eigenvalue weighted by atomic mass is 10.2. The van der Waals surface area contributed by atoms with Crippen molar-refractivity contribution in [3.05, 3.63) is 29.6 Å². The van der Waals surface area contributed by atoms with Crippen molar-refractivity contribution >= 4 is 11.8 Å². The first-order chi connectivity index (χ1) is 10.2. The highest BCUT2D eigenvalue weighted by molar-refractivity contribution is 5.98. The monoisotopic (exact) mass is 291 g/mol. The van der Waals surface area contributed by atoms with Gasteiger partial charge in [0.15, 0.2) is 0 Å². The number of aromatic nitrogens is 1. The van der Waals surface area contributed by atoms with Gasteiger partial charge in [0.1, 0.15) is 5.69 Å². The van der Waals surface area contributed by atoms with E-state index in [1.54, 1.807) is 13.2 Å². The summed E-state index contributed by atoms with van der Waals surface area (Å²) >= 11 is 0. The van der Waals surface area contributed by atoms with Gasteiger partial charge in [0.2, 0.25) is 0 Å². The molecule has 1 aliphatic carbocycles. The maximum Gasteiger partial charge on any atom is 0.269 e. The average Bonchev–Trinajstić information content (AvgIpc) is 3.00. The fourth-order valence-electron chi connectivity index (χ4n) is 2.39. The number of ether oxygens (including phenoxy) is 1. The molecule has 0 unspecified atom stereocenters. The normalized spacial score (nSPS) is 14.9. The minimum atomic E-state index is -0.303. The van der Waals surface area contributed by atoms with Gasteiger partial charge < -0.3 is 15.4 Å². The van der Waals surface area contributed by atoms with Crippen molar-refractivity contribution in [1.82, 2.24) is 15.6 Å². The molecule has 21 heavy (non-hydrogen) atoms. The molecule has 0 spiro atoms. The van der Waals surface area contributed by atoms with E-state index in [0.29, 0.717) is 18.7 Å². The van der Waals surface area contributed by atoms with Crippen LogP contribution in [0.2, 0.25) is 0 Å². The predicted octanol–water partition coefficient (Wildman–Crippen LogP) is 1.13. The largest absolute Gasteiger partial charge is 0.383 e. The Morgan fingerprint density at radius 1 is 1.33 bits per heavy atom. The molecule has 1 aromatic rings. The van der Waals surface area contributed by atoms with Gasteiger partial charge in [-0.1, -0.05) is 12.8 Å². The smallest absolute Gasteiger partial charge is 0.269 e. The molecule has 0 aliphatic heterocycles. The first-order valence-corrected chi connectivity index (χ1v) is 7.25. The molecule has 6 nitrogen and oxygen atoms in total. The topological polar surface area (TPSA) is 80.3 Å². The average molecular weight is 291 g/mol. The van der Waals surface area contributed by atoms with Gasteiger partial charge in [0.05, 0.1) is 6.61 Å². The summed E-state index contributed by atoms with van der Waals surface area (Å²) in [4.78, 5) is 28.0. The van der Waals surface area contributed by atoms with E-state index < -0.39 is 0 Å². The third-order valence-electron chi connectivity index (χ3n) is 3.54. The third-order valence-corrected chi connectivity index (χ3v) is 3.54. The standard InChI is InChI=1S/C15H21N3O3/c1-21-9-8-17-15(20)13-10-11(6-7-16-13)14(19)18-12-4-2-3-5-12/h6-7,10,12H,2-5,8-9H2,1H3,(H,17,20)(H,18,19). The van der Waals surface area contributed by atoms with E-state index in [1.807, 2.05) is 0 Å². The van der Waals surface area contributed by atoms with Crippen molar-refractivity contribution in [2.24, 2.45) is 0 Å². The van der Waals surface area contributed by atoms with Crippen LogP contribution in [0.1, 0.15) is 46.5 Å². The molecule has 0 atom stereocenters. The highest BCUT2D eigenvalue weighted by atomic mass is 16.5. The van der Waals surface area contributed by atoms with Crippen LogP contribution in [0.4, 0.5) is 0 Å². The summed E-state index contributed by atoms with van der Waals surface area (Å²) in [6.45, 7) is 0.850. The lowest BCUT2D eigenvalue weighted by Gasteiger charge is -2.12. The molecule has 2 amide bonds. The molecule has 1 aliphatic rings. The molecule has 114 valence electrons. The van der Waals surface area contributed by atoms with Gasteiger partial charge in [-0.05, 0) is 25.0 Å². The van der Waals surface area contributed by atoms with Crippen molar-refractivity contribution in [3.63, 3.8) is 0 Å². The Bertz CT molecular complexity index is 499. The second-order valence-electron chi connectivity index (χ2n) is 5.13. The van der Waals surface area contributed by atoms with E-state index in [0.717, 1.165) is 25.7 Å². The molecule has 1 heterocycles. The Balaban J connectivity index is 1.95. The highest BCUT2D eigenvalue weighted by Gasteiger charge is 2.18. The maximum atomic E-state index is 12.1. The number of carbonyl (C=O) groups is 2. The fraction of sp³-hybridized carbons (Fsp3) is 0.533. The van der Waals surface area contributed by atoms with Gasteiger partial charge in [-0.2, -0.15) is 0 Å². The summed E-state index contributed by atoms with van der Waals surface area (Å²) in [6, 6.07) is 3.40. The Labute approximate surface area is 124 Å². The van der Waals surface area contributed by atoms with Gasteiger partial charge in [0, 0.05) is 31.5 Å². The predicted molar refractivity (Wildman–Crippen MR) is 78.2 cm³/mol. The fourth-order valence-corrected chi connectivity index (χ4v) is 2.39. The highest BCUT2D eigenvalue weighted by Crippen LogP contribution is 2.18. The first kappa shape index (κ1) is 15.4. The van der Waals surface area contributed by atoms with E-state index in [2.05, 4.69) is 15.6 Å². The van der Waals surface area contributed by atoms with Crippen LogP contribution in [0, 0.1) is 0 Å². The quantitative estimate of drug-likeness (QED) is 0.770. The zero-order valence-electron chi connectivity index (χ0n) is 12.2. The molecule has 2 N–H and O–H groups in total. The Morgan fingerprint density at radius 3 is 2.81 bits per heavy atom. The molecule has 0 radical (unpaired) electrons. The Hall–Kier alpha value is -1.95. The summed E-state index contributed by atoms with van der Waals surface area (Å²) in [5.41, 5.74) is 0.707. The number of hydrogen-bond acceptors (Lipinski definition) is 4. The zero-order valence-corrected chi connectivity index (χ0v) is 12.2. The van der Waals surface area contributed by atoms with Crippen LogP contribution in [0.3, 0.4) is 0 Å². The van der Waals surface area contributed by atoms with E-state index in [1.165, 1.54) is 12.3 Å². The maximum absolute atomic E-state index is 12.1.